The van der Waals surface area contributed by atoms with Gasteiger partial charge in [0.1, 0.15) is 0 Å². The molecule has 9 rings (SSSR count). The molecular formula is C52H58N14O3. The minimum atomic E-state index is -0.103. The largest absolute Gasteiger partial charge is 0.369 e. The van der Waals surface area contributed by atoms with E-state index in [1.165, 1.54) is 25.2 Å². The highest BCUT2D eigenvalue weighted by atomic mass is 16.2. The van der Waals surface area contributed by atoms with Gasteiger partial charge in [0.05, 0.1) is 11.4 Å². The fourth-order valence-corrected chi connectivity index (χ4v) is 8.09. The van der Waals surface area contributed by atoms with Crippen molar-refractivity contribution in [2.75, 3.05) is 90.0 Å². The van der Waals surface area contributed by atoms with E-state index < -0.39 is 0 Å². The molecule has 4 aromatic carbocycles. The van der Waals surface area contributed by atoms with Crippen LogP contribution in [0, 0.1) is 0 Å². The number of hydrogen-bond donors (Lipinski definition) is 6. The summed E-state index contributed by atoms with van der Waals surface area (Å²) in [5.41, 5.74) is 10.4. The Labute approximate surface area is 402 Å². The molecule has 7 aromatic rings. The molecular weight excluding hydrogens is 869 g/mol. The van der Waals surface area contributed by atoms with Gasteiger partial charge in [0.15, 0.2) is 0 Å². The number of H-pyrrole nitrogens is 1. The van der Waals surface area contributed by atoms with E-state index in [4.69, 9.17) is 0 Å². The SMILES string of the molecule is CC(=O)Nc1ccc(-c2ccnc(Nc3ccc(N4CCN(Cc5ccc[nH]5)CC4)cc3)n2)cc1.CCNC(=O)N1CCN(c2ccc(Nc3nccc(-c4ccc(NC(C)=O)cc4)n3)cc2)CC1. The maximum atomic E-state index is 12.0. The van der Waals surface area contributed by atoms with E-state index >= 15 is 0 Å². The number of nitrogens with zero attached hydrogens (tertiary/aromatic N) is 8. The predicted molar refractivity (Wildman–Crippen MR) is 274 cm³/mol. The van der Waals surface area contributed by atoms with Gasteiger partial charge in [-0.15, -0.1) is 0 Å². The fraction of sp³-hybridized carbons (Fsp3) is 0.250. The van der Waals surface area contributed by atoms with E-state index in [9.17, 15) is 14.4 Å². The van der Waals surface area contributed by atoms with E-state index in [0.717, 1.165) is 96.8 Å². The molecule has 0 spiro atoms. The van der Waals surface area contributed by atoms with Gasteiger partial charge in [-0.3, -0.25) is 14.5 Å². The first-order valence-electron chi connectivity index (χ1n) is 23.2. The molecule has 17 heteroatoms. The molecule has 17 nitrogen and oxygen atoms in total. The number of rotatable bonds is 13. The molecule has 0 radical (unpaired) electrons. The molecule has 4 amide bonds. The third kappa shape index (κ3) is 13.4. The van der Waals surface area contributed by atoms with Crippen LogP contribution < -0.4 is 36.4 Å². The first kappa shape index (κ1) is 47.2. The average Bonchev–Trinajstić information content (AvgIpc) is 3.89. The standard InChI is InChI=1S/C27H29N7O.C25H29N7O2/c1-20(35)30-22-6-4-21(5-7-22)26-12-14-29-27(32-26)31-23-8-10-25(11-9-23)34-17-15-33(16-18-34)19-24-3-2-13-28-24;1-3-26-25(34)32-16-14-31(15-17-32)22-10-8-21(9-11-22)29-24-27-13-12-23(30-24)19-4-6-20(7-5-19)28-18(2)33/h2-14,28H,15-19H2,1H3,(H,30,35)(H,29,31,32);4-13H,3,14-17H2,1-2H3,(H,26,34)(H,28,33)(H,27,29,30). The summed E-state index contributed by atoms with van der Waals surface area (Å²) in [6.07, 6.45) is 5.44. The zero-order chi connectivity index (χ0) is 48.0. The van der Waals surface area contributed by atoms with Crippen LogP contribution in [-0.2, 0) is 16.1 Å². The summed E-state index contributed by atoms with van der Waals surface area (Å²) in [4.78, 5) is 64.7. The van der Waals surface area contributed by atoms with Crippen LogP contribution in [0.4, 0.5) is 50.8 Å². The fourth-order valence-electron chi connectivity index (χ4n) is 8.09. The average molecular weight is 927 g/mol. The minimum Gasteiger partial charge on any atom is -0.369 e. The lowest BCUT2D eigenvalue weighted by Gasteiger charge is -2.36. The molecule has 0 bridgehead atoms. The summed E-state index contributed by atoms with van der Waals surface area (Å²) < 4.78 is 0. The van der Waals surface area contributed by atoms with Crippen molar-refractivity contribution in [2.24, 2.45) is 0 Å². The molecule has 0 aliphatic carbocycles. The van der Waals surface area contributed by atoms with Crippen molar-refractivity contribution < 1.29 is 14.4 Å². The second-order valence-electron chi connectivity index (χ2n) is 16.7. The van der Waals surface area contributed by atoms with Gasteiger partial charge in [-0.2, -0.15) is 0 Å². The van der Waals surface area contributed by atoms with Gasteiger partial charge in [0.25, 0.3) is 0 Å². The van der Waals surface area contributed by atoms with Gasteiger partial charge in [0, 0.05) is 149 Å². The first-order chi connectivity index (χ1) is 33.6. The monoisotopic (exact) mass is 926 g/mol. The lowest BCUT2D eigenvalue weighted by Crippen LogP contribution is -2.51. The number of amides is 4. The highest BCUT2D eigenvalue weighted by molar-refractivity contribution is 5.89. The number of carbonyl (C=O) groups is 3. The Morgan fingerprint density at radius 1 is 0.551 bits per heavy atom. The quantitative estimate of drug-likeness (QED) is 0.0651. The Morgan fingerprint density at radius 3 is 1.42 bits per heavy atom. The molecule has 0 atom stereocenters. The van der Waals surface area contributed by atoms with Crippen molar-refractivity contribution in [1.82, 2.24) is 40.0 Å². The summed E-state index contributed by atoms with van der Waals surface area (Å²) in [7, 11) is 0. The van der Waals surface area contributed by atoms with Crippen LogP contribution in [0.25, 0.3) is 22.5 Å². The molecule has 2 saturated heterocycles. The normalized spacial score (nSPS) is 13.7. The Morgan fingerprint density at radius 2 is 1.00 bits per heavy atom. The molecule has 2 aliphatic heterocycles. The van der Waals surface area contributed by atoms with Crippen molar-refractivity contribution in [3.05, 3.63) is 146 Å². The van der Waals surface area contributed by atoms with Gasteiger partial charge in [-0.05, 0) is 104 Å². The van der Waals surface area contributed by atoms with E-state index in [1.54, 1.807) is 12.4 Å². The van der Waals surface area contributed by atoms with Crippen molar-refractivity contribution in [2.45, 2.75) is 27.3 Å². The molecule has 2 aliphatic rings. The number of piperazine rings is 2. The van der Waals surface area contributed by atoms with E-state index in [0.29, 0.717) is 31.5 Å². The van der Waals surface area contributed by atoms with Crippen molar-refractivity contribution >= 4 is 63.9 Å². The molecule has 6 N–H and O–H groups in total. The number of urea groups is 1. The highest BCUT2D eigenvalue weighted by Crippen LogP contribution is 2.26. The van der Waals surface area contributed by atoms with Gasteiger partial charge in [0.2, 0.25) is 23.7 Å². The van der Waals surface area contributed by atoms with Crippen LogP contribution in [0.1, 0.15) is 26.5 Å². The number of carbonyl (C=O) groups excluding carboxylic acids is 3. The minimum absolute atomic E-state index is 0.00704. The van der Waals surface area contributed by atoms with Crippen LogP contribution in [-0.4, -0.2) is 111 Å². The van der Waals surface area contributed by atoms with Crippen LogP contribution in [0.2, 0.25) is 0 Å². The number of aromatic amines is 1. The van der Waals surface area contributed by atoms with Crippen molar-refractivity contribution in [3.8, 4) is 22.5 Å². The molecule has 2 fully saturated rings. The van der Waals surface area contributed by atoms with E-state index in [-0.39, 0.29) is 17.8 Å². The van der Waals surface area contributed by atoms with E-state index in [2.05, 4.69) is 115 Å². The lowest BCUT2D eigenvalue weighted by atomic mass is 10.1. The topological polar surface area (TPSA) is 192 Å². The van der Waals surface area contributed by atoms with Crippen molar-refractivity contribution in [3.63, 3.8) is 0 Å². The van der Waals surface area contributed by atoms with Gasteiger partial charge >= 0.3 is 6.03 Å². The zero-order valence-electron chi connectivity index (χ0n) is 39.2. The van der Waals surface area contributed by atoms with E-state index in [1.807, 2.05) is 90.8 Å². The lowest BCUT2D eigenvalue weighted by molar-refractivity contribution is -0.115. The summed E-state index contributed by atoms with van der Waals surface area (Å²) in [6, 6.07) is 39.6. The second-order valence-corrected chi connectivity index (χ2v) is 16.7. The summed E-state index contributed by atoms with van der Waals surface area (Å²) in [6.45, 7) is 13.7. The highest BCUT2D eigenvalue weighted by Gasteiger charge is 2.21. The van der Waals surface area contributed by atoms with Crippen molar-refractivity contribution in [1.29, 1.82) is 0 Å². The molecule has 3 aromatic heterocycles. The second kappa shape index (κ2) is 22.9. The smallest absolute Gasteiger partial charge is 0.317 e. The molecule has 354 valence electrons. The first-order valence-corrected chi connectivity index (χ1v) is 23.2. The zero-order valence-corrected chi connectivity index (χ0v) is 39.2. The van der Waals surface area contributed by atoms with Gasteiger partial charge < -0.3 is 46.3 Å². The third-order valence-electron chi connectivity index (χ3n) is 11.6. The van der Waals surface area contributed by atoms with Crippen LogP contribution in [0.3, 0.4) is 0 Å². The molecule has 69 heavy (non-hydrogen) atoms. The maximum absolute atomic E-state index is 12.0. The summed E-state index contributed by atoms with van der Waals surface area (Å²) >= 11 is 0. The van der Waals surface area contributed by atoms with Gasteiger partial charge in [-0.25, -0.2) is 24.7 Å². The number of benzene rings is 4. The molecule has 0 saturated carbocycles. The Hall–Kier alpha value is -8.31. The van der Waals surface area contributed by atoms with Crippen LogP contribution in [0.5, 0.6) is 0 Å². The molecule has 0 unspecified atom stereocenters. The summed E-state index contributed by atoms with van der Waals surface area (Å²) in [5.74, 6) is 0.854. The maximum Gasteiger partial charge on any atom is 0.317 e. The number of hydrogen-bond acceptors (Lipinski definition) is 12. The van der Waals surface area contributed by atoms with Crippen LogP contribution in [0.15, 0.2) is 140 Å². The summed E-state index contributed by atoms with van der Waals surface area (Å²) in [5, 5.41) is 15.0. The number of anilines is 8. The number of aromatic nitrogens is 5. The Kier molecular flexibility index (Phi) is 15.7. The Bertz CT molecular complexity index is 2750. The predicted octanol–water partition coefficient (Wildman–Crippen LogP) is 8.19. The van der Waals surface area contributed by atoms with Gasteiger partial charge in [-0.1, -0.05) is 24.3 Å². The van der Waals surface area contributed by atoms with Crippen LogP contribution >= 0.6 is 0 Å². The number of nitrogens with one attached hydrogen (secondary N) is 6. The Balaban J connectivity index is 0.000000186. The third-order valence-corrected chi connectivity index (χ3v) is 11.6. The molecule has 5 heterocycles.